The molecule has 0 aliphatic carbocycles. The van der Waals surface area contributed by atoms with Crippen molar-refractivity contribution in [1.29, 1.82) is 0 Å². The van der Waals surface area contributed by atoms with Crippen LogP contribution >= 0.6 is 7.82 Å². The van der Waals surface area contributed by atoms with Gasteiger partial charge in [-0.05, 0) is 51.4 Å². The zero-order valence-electron chi connectivity index (χ0n) is 44.9. The van der Waals surface area contributed by atoms with Gasteiger partial charge in [0, 0.05) is 6.42 Å². The molecule has 0 saturated carbocycles. The van der Waals surface area contributed by atoms with Gasteiger partial charge < -0.3 is 28.8 Å². The SMILES string of the molecule is CC/C=C\C/C=C\C/C=C\C/C=C\CCCCCCCCCCCCCCC(=O)NC(COP(=O)([O-])OCC[N+](C)(C)C)C(O)CCCCCCCCCCCCCCCCCCCCCC. The Morgan fingerprint density at radius 1 is 0.537 bits per heavy atom. The summed E-state index contributed by atoms with van der Waals surface area (Å²) in [4.78, 5) is 25.5. The van der Waals surface area contributed by atoms with Crippen molar-refractivity contribution in [1.82, 2.24) is 5.32 Å². The molecule has 0 aromatic carbocycles. The molecule has 0 heterocycles. The van der Waals surface area contributed by atoms with Crippen LogP contribution in [0.15, 0.2) is 48.6 Å². The van der Waals surface area contributed by atoms with Crippen LogP contribution in [0.4, 0.5) is 0 Å². The van der Waals surface area contributed by atoms with Gasteiger partial charge in [0.25, 0.3) is 7.82 Å². The summed E-state index contributed by atoms with van der Waals surface area (Å²) in [6.45, 7) is 4.64. The molecule has 0 spiro atoms. The van der Waals surface area contributed by atoms with E-state index in [1.54, 1.807) is 0 Å². The number of phosphoric acid groups is 1. The highest BCUT2D eigenvalue weighted by molar-refractivity contribution is 7.45. The Hall–Kier alpha value is -1.54. The maximum atomic E-state index is 13.0. The molecule has 3 atom stereocenters. The van der Waals surface area contributed by atoms with E-state index in [2.05, 4.69) is 67.8 Å². The first kappa shape index (κ1) is 65.5. The minimum atomic E-state index is -4.57. The number of rotatable bonds is 52. The first-order valence-electron chi connectivity index (χ1n) is 28.5. The van der Waals surface area contributed by atoms with Gasteiger partial charge in [-0.25, -0.2) is 0 Å². The minimum Gasteiger partial charge on any atom is -0.756 e. The van der Waals surface area contributed by atoms with E-state index in [0.717, 1.165) is 64.2 Å². The average molecular weight is 964 g/mol. The van der Waals surface area contributed by atoms with Crippen molar-refractivity contribution in [3.05, 3.63) is 48.6 Å². The summed E-state index contributed by atoms with van der Waals surface area (Å²) in [5, 5.41) is 14.0. The highest BCUT2D eigenvalue weighted by atomic mass is 31.2. The molecule has 2 N–H and O–H groups in total. The predicted molar refractivity (Wildman–Crippen MR) is 288 cm³/mol. The van der Waals surface area contributed by atoms with E-state index < -0.39 is 20.0 Å². The molecule has 0 rings (SSSR count). The molecule has 0 bridgehead atoms. The van der Waals surface area contributed by atoms with Crippen LogP contribution in [0.3, 0.4) is 0 Å². The third kappa shape index (κ3) is 52.1. The highest BCUT2D eigenvalue weighted by Gasteiger charge is 2.24. The number of likely N-dealkylation sites (N-methyl/N-ethyl adjacent to an activating group) is 1. The largest absolute Gasteiger partial charge is 0.756 e. The number of aliphatic hydroxyl groups excluding tert-OH is 1. The topological polar surface area (TPSA) is 108 Å². The monoisotopic (exact) mass is 963 g/mol. The molecule has 394 valence electrons. The van der Waals surface area contributed by atoms with Crippen LogP contribution in [0, 0.1) is 0 Å². The number of unbranched alkanes of at least 4 members (excludes halogenated alkanes) is 31. The zero-order chi connectivity index (χ0) is 49.2. The number of nitrogens with one attached hydrogen (secondary N) is 1. The van der Waals surface area contributed by atoms with Crippen molar-refractivity contribution in [3.8, 4) is 0 Å². The molecular weight excluding hydrogens is 852 g/mol. The Balaban J connectivity index is 4.17. The quantitative estimate of drug-likeness (QED) is 0.0272. The summed E-state index contributed by atoms with van der Waals surface area (Å²) in [7, 11) is 1.31. The van der Waals surface area contributed by atoms with E-state index in [1.807, 2.05) is 21.1 Å². The fourth-order valence-electron chi connectivity index (χ4n) is 8.39. The number of hydrogen-bond donors (Lipinski definition) is 2. The molecule has 0 fully saturated rings. The Bertz CT molecular complexity index is 1230. The lowest BCUT2D eigenvalue weighted by molar-refractivity contribution is -0.870. The van der Waals surface area contributed by atoms with Gasteiger partial charge in [-0.1, -0.05) is 255 Å². The Morgan fingerprint density at radius 2 is 0.910 bits per heavy atom. The second kappa shape index (κ2) is 49.4. The second-order valence-corrected chi connectivity index (χ2v) is 22.0. The van der Waals surface area contributed by atoms with Crippen molar-refractivity contribution < 1.29 is 32.9 Å². The number of amides is 1. The zero-order valence-corrected chi connectivity index (χ0v) is 45.7. The Kier molecular flexibility index (Phi) is 48.3. The number of hydrogen-bond acceptors (Lipinski definition) is 6. The van der Waals surface area contributed by atoms with Crippen LogP contribution < -0.4 is 10.2 Å². The van der Waals surface area contributed by atoms with Gasteiger partial charge in [0.05, 0.1) is 39.9 Å². The molecule has 0 aliphatic rings. The molecule has 1 amide bonds. The number of allylic oxidation sites excluding steroid dienone is 8. The van der Waals surface area contributed by atoms with Crippen molar-refractivity contribution in [2.45, 2.75) is 276 Å². The fourth-order valence-corrected chi connectivity index (χ4v) is 9.11. The smallest absolute Gasteiger partial charge is 0.268 e. The molecule has 0 saturated heterocycles. The number of aliphatic hydroxyl groups is 1. The van der Waals surface area contributed by atoms with Crippen LogP contribution in [-0.2, 0) is 18.4 Å². The third-order valence-electron chi connectivity index (χ3n) is 12.8. The molecule has 9 heteroatoms. The van der Waals surface area contributed by atoms with Crippen LogP contribution in [-0.4, -0.2) is 68.5 Å². The van der Waals surface area contributed by atoms with E-state index in [9.17, 15) is 19.4 Å². The third-order valence-corrected chi connectivity index (χ3v) is 13.8. The molecule has 0 aromatic rings. The maximum Gasteiger partial charge on any atom is 0.268 e. The van der Waals surface area contributed by atoms with Crippen molar-refractivity contribution in [2.75, 3.05) is 40.9 Å². The lowest BCUT2D eigenvalue weighted by Gasteiger charge is -2.30. The van der Waals surface area contributed by atoms with Crippen LogP contribution in [0.2, 0.25) is 0 Å². The predicted octanol–water partition coefficient (Wildman–Crippen LogP) is 16.5. The standard InChI is InChI=1S/C58H111N2O6P/c1-6-8-10-12-14-16-18-20-22-24-26-28-29-30-31-32-34-36-38-40-42-44-46-48-50-52-58(62)59-56(55-66-67(63,64)65-54-53-60(3,4)5)57(61)51-49-47-45-43-41-39-37-35-33-27-25-23-21-19-17-15-13-11-9-7-2/h8,10,14,16,20,22,26,28,56-57,61H,6-7,9,11-13,15,17-19,21,23-25,27,29-55H2,1-5H3,(H-,59,62,63,64)/b10-8-,16-14-,22-20-,28-26-. The summed E-state index contributed by atoms with van der Waals surface area (Å²) < 4.78 is 23.4. The molecule has 0 radical (unpaired) electrons. The van der Waals surface area contributed by atoms with Gasteiger partial charge in [-0.2, -0.15) is 0 Å². The van der Waals surface area contributed by atoms with Gasteiger partial charge in [0.2, 0.25) is 5.91 Å². The molecule has 0 aromatic heterocycles. The van der Waals surface area contributed by atoms with Gasteiger partial charge >= 0.3 is 0 Å². The lowest BCUT2D eigenvalue weighted by Crippen LogP contribution is -2.46. The maximum absolute atomic E-state index is 13.0. The first-order chi connectivity index (χ1) is 32.5. The Morgan fingerprint density at radius 3 is 1.33 bits per heavy atom. The summed E-state index contributed by atoms with van der Waals surface area (Å²) in [6.07, 6.45) is 64.2. The van der Waals surface area contributed by atoms with Gasteiger partial charge in [-0.3, -0.25) is 9.36 Å². The average Bonchev–Trinajstić information content (AvgIpc) is 3.29. The summed E-state index contributed by atoms with van der Waals surface area (Å²) >= 11 is 0. The lowest BCUT2D eigenvalue weighted by atomic mass is 10.0. The van der Waals surface area contributed by atoms with Crippen molar-refractivity contribution >= 4 is 13.7 Å². The molecule has 0 aliphatic heterocycles. The van der Waals surface area contributed by atoms with E-state index >= 15 is 0 Å². The summed E-state index contributed by atoms with van der Waals surface area (Å²) in [5.41, 5.74) is 0. The normalized spacial score (nSPS) is 14.3. The van der Waals surface area contributed by atoms with Crippen molar-refractivity contribution in [2.24, 2.45) is 0 Å². The Labute approximate surface area is 416 Å². The van der Waals surface area contributed by atoms with Gasteiger partial charge in [0.1, 0.15) is 13.2 Å². The van der Waals surface area contributed by atoms with E-state index in [0.29, 0.717) is 23.9 Å². The second-order valence-electron chi connectivity index (χ2n) is 20.6. The summed E-state index contributed by atoms with van der Waals surface area (Å²) in [6, 6.07) is -0.803. The minimum absolute atomic E-state index is 0.0114. The number of nitrogens with zero attached hydrogens (tertiary/aromatic N) is 1. The highest BCUT2D eigenvalue weighted by Crippen LogP contribution is 2.38. The van der Waals surface area contributed by atoms with Crippen LogP contribution in [0.1, 0.15) is 264 Å². The molecule has 8 nitrogen and oxygen atoms in total. The van der Waals surface area contributed by atoms with Crippen LogP contribution in [0.5, 0.6) is 0 Å². The van der Waals surface area contributed by atoms with Gasteiger partial charge in [-0.15, -0.1) is 0 Å². The van der Waals surface area contributed by atoms with E-state index in [-0.39, 0.29) is 19.1 Å². The number of phosphoric ester groups is 1. The molecule has 3 unspecified atom stereocenters. The fraction of sp³-hybridized carbons (Fsp3) is 0.845. The van der Waals surface area contributed by atoms with E-state index in [4.69, 9.17) is 9.05 Å². The number of carbonyl (C=O) groups excluding carboxylic acids is 1. The summed E-state index contributed by atoms with van der Waals surface area (Å²) in [5.74, 6) is -0.165. The first-order valence-corrected chi connectivity index (χ1v) is 29.9. The molecule has 67 heavy (non-hydrogen) atoms. The van der Waals surface area contributed by atoms with Crippen molar-refractivity contribution in [3.63, 3.8) is 0 Å². The van der Waals surface area contributed by atoms with E-state index in [1.165, 1.54) is 173 Å². The molecular formula is C58H111N2O6P. The van der Waals surface area contributed by atoms with Gasteiger partial charge in [0.15, 0.2) is 0 Å². The number of quaternary nitrogens is 1. The van der Waals surface area contributed by atoms with Crippen LogP contribution in [0.25, 0.3) is 0 Å². The number of carbonyl (C=O) groups is 1.